The quantitative estimate of drug-likeness (QED) is 0.938. The van der Waals surface area contributed by atoms with Gasteiger partial charge in [-0.25, -0.2) is 9.37 Å². The van der Waals surface area contributed by atoms with E-state index in [9.17, 15) is 9.50 Å². The van der Waals surface area contributed by atoms with Crippen molar-refractivity contribution < 1.29 is 9.50 Å². The van der Waals surface area contributed by atoms with E-state index in [0.717, 1.165) is 10.7 Å². The van der Waals surface area contributed by atoms with E-state index in [1.165, 1.54) is 11.3 Å². The predicted octanol–water partition coefficient (Wildman–Crippen LogP) is 3.63. The monoisotopic (exact) mass is 315 g/mol. The normalized spacial score (nSPS) is 12.7. The van der Waals surface area contributed by atoms with Gasteiger partial charge in [0.05, 0.1) is 15.6 Å². The zero-order valence-corrected chi connectivity index (χ0v) is 11.6. The van der Waals surface area contributed by atoms with Crippen molar-refractivity contribution >= 4 is 27.3 Å². The molecule has 0 aliphatic heterocycles. The summed E-state index contributed by atoms with van der Waals surface area (Å²) in [5, 5.41) is 12.7. The molecular formula is C12H11BrFNOS. The van der Waals surface area contributed by atoms with Crippen LogP contribution in [0.15, 0.2) is 28.1 Å². The topological polar surface area (TPSA) is 33.1 Å². The first-order valence-corrected chi connectivity index (χ1v) is 6.78. The Balaban J connectivity index is 2.20. The van der Waals surface area contributed by atoms with E-state index in [2.05, 4.69) is 20.9 Å². The molecule has 1 N–H and O–H groups in total. The molecule has 1 aromatic heterocycles. The molecule has 0 saturated heterocycles. The fourth-order valence-corrected chi connectivity index (χ4v) is 2.74. The van der Waals surface area contributed by atoms with Gasteiger partial charge in [-0.1, -0.05) is 12.1 Å². The minimum atomic E-state index is -0.863. The number of aliphatic hydroxyl groups is 1. The van der Waals surface area contributed by atoms with Crippen LogP contribution in [0, 0.1) is 12.7 Å². The zero-order chi connectivity index (χ0) is 12.4. The summed E-state index contributed by atoms with van der Waals surface area (Å²) >= 11 is 4.58. The number of nitrogens with zero attached hydrogens (tertiary/aromatic N) is 1. The Morgan fingerprint density at radius 3 is 2.94 bits per heavy atom. The Kier molecular flexibility index (Phi) is 3.91. The number of hydrogen-bond acceptors (Lipinski definition) is 3. The highest BCUT2D eigenvalue weighted by atomic mass is 79.9. The first kappa shape index (κ1) is 12.7. The van der Waals surface area contributed by atoms with Gasteiger partial charge in [0.15, 0.2) is 0 Å². The molecule has 0 bridgehead atoms. The largest absolute Gasteiger partial charge is 0.388 e. The first-order chi connectivity index (χ1) is 8.08. The Morgan fingerprint density at radius 1 is 1.53 bits per heavy atom. The van der Waals surface area contributed by atoms with Crippen molar-refractivity contribution in [3.05, 3.63) is 50.1 Å². The van der Waals surface area contributed by atoms with Gasteiger partial charge in [0.25, 0.3) is 0 Å². The van der Waals surface area contributed by atoms with Crippen LogP contribution >= 0.6 is 27.3 Å². The van der Waals surface area contributed by atoms with Gasteiger partial charge in [-0.15, -0.1) is 11.3 Å². The van der Waals surface area contributed by atoms with E-state index in [0.29, 0.717) is 16.5 Å². The van der Waals surface area contributed by atoms with Crippen LogP contribution in [0.2, 0.25) is 0 Å². The van der Waals surface area contributed by atoms with E-state index in [-0.39, 0.29) is 0 Å². The van der Waals surface area contributed by atoms with Crippen molar-refractivity contribution in [2.24, 2.45) is 0 Å². The van der Waals surface area contributed by atoms with Crippen LogP contribution in [0.1, 0.15) is 22.4 Å². The molecule has 1 atom stereocenters. The molecule has 0 amide bonds. The van der Waals surface area contributed by atoms with E-state index in [1.54, 1.807) is 18.2 Å². The SMILES string of the molecule is Cc1csc(CC(O)c2cccc(Br)c2F)n1. The summed E-state index contributed by atoms with van der Waals surface area (Å²) in [5.74, 6) is -0.409. The fraction of sp³-hybridized carbons (Fsp3) is 0.250. The molecule has 0 radical (unpaired) electrons. The summed E-state index contributed by atoms with van der Waals surface area (Å²) in [4.78, 5) is 4.25. The average molecular weight is 316 g/mol. The number of thiazole rings is 1. The number of rotatable bonds is 3. The van der Waals surface area contributed by atoms with Crippen LogP contribution in [-0.2, 0) is 6.42 Å². The second kappa shape index (κ2) is 5.25. The molecule has 5 heteroatoms. The van der Waals surface area contributed by atoms with Crippen molar-refractivity contribution in [2.75, 3.05) is 0 Å². The third-order valence-electron chi connectivity index (χ3n) is 2.38. The molecule has 1 heterocycles. The Labute approximate surface area is 111 Å². The lowest BCUT2D eigenvalue weighted by molar-refractivity contribution is 0.173. The highest BCUT2D eigenvalue weighted by Crippen LogP contribution is 2.26. The van der Waals surface area contributed by atoms with E-state index in [1.807, 2.05) is 12.3 Å². The minimum absolute atomic E-state index is 0.298. The fourth-order valence-electron chi connectivity index (χ4n) is 1.55. The van der Waals surface area contributed by atoms with Gasteiger partial charge in [-0.3, -0.25) is 0 Å². The number of aliphatic hydroxyl groups excluding tert-OH is 1. The van der Waals surface area contributed by atoms with Gasteiger partial charge in [0.2, 0.25) is 0 Å². The summed E-state index contributed by atoms with van der Waals surface area (Å²) in [6, 6.07) is 4.91. The van der Waals surface area contributed by atoms with Crippen molar-refractivity contribution in [3.63, 3.8) is 0 Å². The van der Waals surface area contributed by atoms with Crippen LogP contribution < -0.4 is 0 Å². The smallest absolute Gasteiger partial charge is 0.143 e. The minimum Gasteiger partial charge on any atom is -0.388 e. The van der Waals surface area contributed by atoms with E-state index in [4.69, 9.17) is 0 Å². The van der Waals surface area contributed by atoms with Gasteiger partial charge < -0.3 is 5.11 Å². The summed E-state index contributed by atoms with van der Waals surface area (Å²) < 4.78 is 14.1. The van der Waals surface area contributed by atoms with Crippen molar-refractivity contribution in [1.82, 2.24) is 4.98 Å². The average Bonchev–Trinajstić information content (AvgIpc) is 2.68. The molecule has 0 spiro atoms. The molecule has 0 fully saturated rings. The second-order valence-electron chi connectivity index (χ2n) is 3.75. The maximum atomic E-state index is 13.7. The Bertz CT molecular complexity index is 529. The van der Waals surface area contributed by atoms with Crippen molar-refractivity contribution in [3.8, 4) is 0 Å². The Hall–Kier alpha value is -0.780. The van der Waals surface area contributed by atoms with Gasteiger partial charge in [-0.2, -0.15) is 0 Å². The number of hydrogen-bond donors (Lipinski definition) is 1. The number of aryl methyl sites for hydroxylation is 1. The molecular weight excluding hydrogens is 305 g/mol. The molecule has 2 nitrogen and oxygen atoms in total. The molecule has 2 rings (SSSR count). The van der Waals surface area contributed by atoms with Crippen LogP contribution in [0.3, 0.4) is 0 Å². The highest BCUT2D eigenvalue weighted by Gasteiger charge is 2.16. The molecule has 0 aliphatic carbocycles. The first-order valence-electron chi connectivity index (χ1n) is 5.11. The lowest BCUT2D eigenvalue weighted by Crippen LogP contribution is -2.04. The van der Waals surface area contributed by atoms with Gasteiger partial charge >= 0.3 is 0 Å². The van der Waals surface area contributed by atoms with Gasteiger partial charge in [-0.05, 0) is 28.9 Å². The van der Waals surface area contributed by atoms with Crippen molar-refractivity contribution in [1.29, 1.82) is 0 Å². The predicted molar refractivity (Wildman–Crippen MR) is 69.6 cm³/mol. The van der Waals surface area contributed by atoms with Crippen molar-refractivity contribution in [2.45, 2.75) is 19.4 Å². The standard InChI is InChI=1S/C12H11BrFNOS/c1-7-6-17-11(15-7)5-10(16)8-3-2-4-9(13)12(8)14/h2-4,6,10,16H,5H2,1H3. The van der Waals surface area contributed by atoms with Gasteiger partial charge in [0.1, 0.15) is 5.82 Å². The molecule has 0 aliphatic rings. The number of aromatic nitrogens is 1. The molecule has 90 valence electrons. The molecule has 17 heavy (non-hydrogen) atoms. The van der Waals surface area contributed by atoms with E-state index < -0.39 is 11.9 Å². The molecule has 1 aromatic carbocycles. The second-order valence-corrected chi connectivity index (χ2v) is 5.54. The van der Waals surface area contributed by atoms with Crippen LogP contribution in [0.25, 0.3) is 0 Å². The van der Waals surface area contributed by atoms with E-state index >= 15 is 0 Å². The molecule has 2 aromatic rings. The summed E-state index contributed by atoms with van der Waals surface area (Å²) in [6.07, 6.45) is -0.524. The van der Waals surface area contributed by atoms with Crippen LogP contribution in [-0.4, -0.2) is 10.1 Å². The number of halogens is 2. The van der Waals surface area contributed by atoms with Crippen LogP contribution in [0.4, 0.5) is 4.39 Å². The molecule has 1 unspecified atom stereocenters. The summed E-state index contributed by atoms with van der Waals surface area (Å²) in [6.45, 7) is 1.89. The lowest BCUT2D eigenvalue weighted by Gasteiger charge is -2.11. The lowest BCUT2D eigenvalue weighted by atomic mass is 10.1. The summed E-state index contributed by atoms with van der Waals surface area (Å²) in [5.41, 5.74) is 1.22. The maximum Gasteiger partial charge on any atom is 0.143 e. The third kappa shape index (κ3) is 2.91. The highest BCUT2D eigenvalue weighted by molar-refractivity contribution is 9.10. The van der Waals surface area contributed by atoms with Crippen LogP contribution in [0.5, 0.6) is 0 Å². The maximum absolute atomic E-state index is 13.7. The third-order valence-corrected chi connectivity index (χ3v) is 3.98. The zero-order valence-electron chi connectivity index (χ0n) is 9.15. The number of benzene rings is 1. The Morgan fingerprint density at radius 2 is 2.29 bits per heavy atom. The molecule has 0 saturated carbocycles. The van der Waals surface area contributed by atoms with Gasteiger partial charge in [0, 0.05) is 23.1 Å². The summed E-state index contributed by atoms with van der Waals surface area (Å²) in [7, 11) is 0.